The minimum atomic E-state index is 0.0417. The highest BCUT2D eigenvalue weighted by Gasteiger charge is 2.12. The van der Waals surface area contributed by atoms with Crippen LogP contribution in [0.2, 0.25) is 0 Å². The van der Waals surface area contributed by atoms with Crippen molar-refractivity contribution in [3.8, 4) is 0 Å². The van der Waals surface area contributed by atoms with Gasteiger partial charge in [0.15, 0.2) is 0 Å². The van der Waals surface area contributed by atoms with E-state index in [-0.39, 0.29) is 6.03 Å². The topological polar surface area (TPSA) is 32.3 Å². The van der Waals surface area contributed by atoms with Gasteiger partial charge in [0.25, 0.3) is 0 Å². The Kier molecular flexibility index (Phi) is 4.66. The molecule has 0 saturated carbocycles. The molecule has 1 aliphatic rings. The molecule has 0 aromatic rings. The van der Waals surface area contributed by atoms with E-state index in [0.29, 0.717) is 0 Å². The lowest BCUT2D eigenvalue weighted by Crippen LogP contribution is -2.23. The monoisotopic (exact) mass is 158 g/mol. The standard InChI is InChI=1S/C4H8N2O.C4H10/c1-6-3-2-5-4(6)7;1-4(2)3/h2-3H2,1H3,(H,5,7);4H,1-3H3. The van der Waals surface area contributed by atoms with Gasteiger partial charge in [-0.05, 0) is 5.92 Å². The zero-order chi connectivity index (χ0) is 8.85. The van der Waals surface area contributed by atoms with Crippen LogP contribution in [0.3, 0.4) is 0 Å². The molecule has 1 heterocycles. The van der Waals surface area contributed by atoms with Crippen molar-refractivity contribution in [2.24, 2.45) is 5.92 Å². The highest BCUT2D eigenvalue weighted by atomic mass is 16.2. The molecule has 1 saturated heterocycles. The first-order valence-electron chi connectivity index (χ1n) is 4.03. The number of rotatable bonds is 0. The second-order valence-electron chi connectivity index (χ2n) is 3.39. The Hall–Kier alpha value is -0.730. The Labute approximate surface area is 68.8 Å². The molecule has 0 spiro atoms. The fourth-order valence-corrected chi connectivity index (χ4v) is 0.567. The zero-order valence-corrected chi connectivity index (χ0v) is 7.85. The summed E-state index contributed by atoms with van der Waals surface area (Å²) >= 11 is 0. The minimum Gasteiger partial charge on any atom is -0.336 e. The van der Waals surface area contributed by atoms with Gasteiger partial charge in [0, 0.05) is 20.1 Å². The van der Waals surface area contributed by atoms with Crippen LogP contribution in [0, 0.1) is 5.92 Å². The van der Waals surface area contributed by atoms with Crippen LogP contribution in [-0.2, 0) is 0 Å². The maximum absolute atomic E-state index is 10.4. The number of carbonyl (C=O) groups is 1. The summed E-state index contributed by atoms with van der Waals surface area (Å²) in [4.78, 5) is 12.0. The van der Waals surface area contributed by atoms with E-state index in [4.69, 9.17) is 0 Å². The minimum absolute atomic E-state index is 0.0417. The molecule has 0 radical (unpaired) electrons. The number of nitrogens with one attached hydrogen (secondary N) is 1. The zero-order valence-electron chi connectivity index (χ0n) is 7.85. The molecule has 0 aromatic heterocycles. The van der Waals surface area contributed by atoms with E-state index in [1.165, 1.54) is 0 Å². The molecule has 0 aliphatic carbocycles. The normalized spacial score (nSPS) is 16.1. The van der Waals surface area contributed by atoms with Crippen LogP contribution < -0.4 is 5.32 Å². The Bertz CT molecular complexity index is 121. The highest BCUT2D eigenvalue weighted by Crippen LogP contribution is 1.88. The Morgan fingerprint density at radius 2 is 1.91 bits per heavy atom. The Morgan fingerprint density at radius 1 is 1.45 bits per heavy atom. The third-order valence-electron chi connectivity index (χ3n) is 1.07. The van der Waals surface area contributed by atoms with E-state index in [2.05, 4.69) is 26.1 Å². The van der Waals surface area contributed by atoms with Crippen LogP contribution in [0.25, 0.3) is 0 Å². The predicted octanol–water partition coefficient (Wildman–Crippen LogP) is 1.30. The van der Waals surface area contributed by atoms with Gasteiger partial charge in [-0.25, -0.2) is 4.79 Å². The fraction of sp³-hybridized carbons (Fsp3) is 0.875. The molecule has 1 fully saturated rings. The molecule has 0 aromatic carbocycles. The summed E-state index contributed by atoms with van der Waals surface area (Å²) in [7, 11) is 1.78. The summed E-state index contributed by atoms with van der Waals surface area (Å²) in [5.41, 5.74) is 0. The van der Waals surface area contributed by atoms with Crippen molar-refractivity contribution >= 4 is 6.03 Å². The number of likely N-dealkylation sites (N-methyl/N-ethyl adjacent to an activating group) is 1. The molecule has 1 aliphatic heterocycles. The van der Waals surface area contributed by atoms with Gasteiger partial charge in [0.1, 0.15) is 0 Å². The number of hydrogen-bond donors (Lipinski definition) is 1. The summed E-state index contributed by atoms with van der Waals surface area (Å²) in [6.45, 7) is 8.15. The molecule has 1 rings (SSSR count). The summed E-state index contributed by atoms with van der Waals surface area (Å²) in [5.74, 6) is 0.833. The molecule has 3 heteroatoms. The molecule has 66 valence electrons. The number of amides is 2. The summed E-state index contributed by atoms with van der Waals surface area (Å²) < 4.78 is 0. The molecular weight excluding hydrogens is 140 g/mol. The number of carbonyl (C=O) groups excluding carboxylic acids is 1. The van der Waals surface area contributed by atoms with E-state index >= 15 is 0 Å². The van der Waals surface area contributed by atoms with Gasteiger partial charge in [-0.15, -0.1) is 0 Å². The second-order valence-corrected chi connectivity index (χ2v) is 3.39. The van der Waals surface area contributed by atoms with E-state index < -0.39 is 0 Å². The average Bonchev–Trinajstić information content (AvgIpc) is 2.15. The average molecular weight is 158 g/mol. The van der Waals surface area contributed by atoms with Crippen molar-refractivity contribution in [3.63, 3.8) is 0 Å². The molecule has 2 amide bonds. The van der Waals surface area contributed by atoms with Crippen LogP contribution >= 0.6 is 0 Å². The van der Waals surface area contributed by atoms with Crippen LogP contribution in [0.4, 0.5) is 4.79 Å². The van der Waals surface area contributed by atoms with Crippen molar-refractivity contribution in [3.05, 3.63) is 0 Å². The first-order valence-corrected chi connectivity index (χ1v) is 4.03. The van der Waals surface area contributed by atoms with Crippen molar-refractivity contribution in [2.45, 2.75) is 20.8 Å². The van der Waals surface area contributed by atoms with E-state index in [1.54, 1.807) is 11.9 Å². The Morgan fingerprint density at radius 3 is 2.00 bits per heavy atom. The maximum atomic E-state index is 10.4. The number of hydrogen-bond acceptors (Lipinski definition) is 1. The first-order chi connectivity index (χ1) is 5.04. The SMILES string of the molecule is CC(C)C.CN1CCNC1=O. The summed E-state index contributed by atoms with van der Waals surface area (Å²) in [6.07, 6.45) is 0. The lowest BCUT2D eigenvalue weighted by atomic mass is 10.3. The van der Waals surface area contributed by atoms with Gasteiger partial charge < -0.3 is 10.2 Å². The maximum Gasteiger partial charge on any atom is 0.317 e. The predicted molar refractivity (Wildman–Crippen MR) is 46.5 cm³/mol. The van der Waals surface area contributed by atoms with E-state index in [1.807, 2.05) is 0 Å². The summed E-state index contributed by atoms with van der Waals surface area (Å²) in [6, 6.07) is 0.0417. The molecule has 11 heavy (non-hydrogen) atoms. The summed E-state index contributed by atoms with van der Waals surface area (Å²) in [5, 5.41) is 2.66. The molecule has 3 nitrogen and oxygen atoms in total. The third-order valence-corrected chi connectivity index (χ3v) is 1.07. The van der Waals surface area contributed by atoms with E-state index in [0.717, 1.165) is 19.0 Å². The van der Waals surface area contributed by atoms with Crippen LogP contribution in [-0.4, -0.2) is 31.1 Å². The lowest BCUT2D eigenvalue weighted by molar-refractivity contribution is 0.226. The lowest BCUT2D eigenvalue weighted by Gasteiger charge is -2.01. The van der Waals surface area contributed by atoms with Gasteiger partial charge in [0.2, 0.25) is 0 Å². The first kappa shape index (κ1) is 10.3. The second kappa shape index (κ2) is 4.99. The van der Waals surface area contributed by atoms with Crippen molar-refractivity contribution in [1.82, 2.24) is 10.2 Å². The van der Waals surface area contributed by atoms with Crippen LogP contribution in [0.1, 0.15) is 20.8 Å². The van der Waals surface area contributed by atoms with Gasteiger partial charge in [-0.2, -0.15) is 0 Å². The van der Waals surface area contributed by atoms with Crippen molar-refractivity contribution in [2.75, 3.05) is 20.1 Å². The van der Waals surface area contributed by atoms with Gasteiger partial charge >= 0.3 is 6.03 Å². The fourth-order valence-electron chi connectivity index (χ4n) is 0.567. The van der Waals surface area contributed by atoms with Crippen molar-refractivity contribution in [1.29, 1.82) is 0 Å². The van der Waals surface area contributed by atoms with Gasteiger partial charge in [0.05, 0.1) is 0 Å². The third kappa shape index (κ3) is 5.70. The quantitative estimate of drug-likeness (QED) is 0.566. The number of urea groups is 1. The highest BCUT2D eigenvalue weighted by molar-refractivity contribution is 5.75. The molecule has 0 bridgehead atoms. The van der Waals surface area contributed by atoms with Crippen LogP contribution in [0.5, 0.6) is 0 Å². The smallest absolute Gasteiger partial charge is 0.317 e. The van der Waals surface area contributed by atoms with Gasteiger partial charge in [-0.1, -0.05) is 20.8 Å². The van der Waals surface area contributed by atoms with Crippen molar-refractivity contribution < 1.29 is 4.79 Å². The largest absolute Gasteiger partial charge is 0.336 e. The molecule has 1 N–H and O–H groups in total. The number of nitrogens with zero attached hydrogens (tertiary/aromatic N) is 1. The molecule has 0 atom stereocenters. The molecule has 0 unspecified atom stereocenters. The van der Waals surface area contributed by atoms with E-state index in [9.17, 15) is 4.79 Å². The van der Waals surface area contributed by atoms with Crippen LogP contribution in [0.15, 0.2) is 0 Å². The molecular formula is C8H18N2O. The van der Waals surface area contributed by atoms with Gasteiger partial charge in [-0.3, -0.25) is 0 Å². The Balaban J connectivity index is 0.000000218.